The van der Waals surface area contributed by atoms with Gasteiger partial charge in [-0.25, -0.2) is 4.79 Å². The molecule has 1 aliphatic heterocycles. The van der Waals surface area contributed by atoms with E-state index in [0.717, 1.165) is 17.5 Å². The van der Waals surface area contributed by atoms with Crippen LogP contribution in [0.5, 0.6) is 0 Å². The number of carbonyl (C=O) groups excluding carboxylic acids is 2. The highest BCUT2D eigenvalue weighted by Gasteiger charge is 2.39. The second-order valence-electron chi connectivity index (χ2n) is 8.84. The third-order valence-electron chi connectivity index (χ3n) is 5.89. The zero-order valence-corrected chi connectivity index (χ0v) is 19.0. The number of carbonyl (C=O) groups is 2. The maximum Gasteiger partial charge on any atom is 0.330 e. The van der Waals surface area contributed by atoms with E-state index >= 15 is 0 Å². The zero-order chi connectivity index (χ0) is 20.9. The van der Waals surface area contributed by atoms with Crippen LogP contribution in [0.1, 0.15) is 44.7 Å². The Kier molecular flexibility index (Phi) is 7.23. The molecule has 0 aromatic heterocycles. The average Bonchev–Trinajstić information content (AvgIpc) is 2.98. The quantitative estimate of drug-likeness (QED) is 0.385. The molecule has 2 rings (SSSR count). The summed E-state index contributed by atoms with van der Waals surface area (Å²) in [6.45, 7) is 12.2. The van der Waals surface area contributed by atoms with Crippen molar-refractivity contribution in [1.29, 1.82) is 0 Å². The van der Waals surface area contributed by atoms with Crippen molar-refractivity contribution >= 4 is 26.3 Å². The number of rotatable bonds is 7. The van der Waals surface area contributed by atoms with Gasteiger partial charge in [-0.15, -0.1) is 0 Å². The lowest BCUT2D eigenvalue weighted by molar-refractivity contribution is -0.134. The largest absolute Gasteiger partial charge is 0.466 e. The summed E-state index contributed by atoms with van der Waals surface area (Å²) in [7, 11) is -0.501. The van der Waals surface area contributed by atoms with E-state index in [2.05, 4.69) is 38.6 Å². The van der Waals surface area contributed by atoms with Crippen molar-refractivity contribution in [3.8, 4) is 0 Å². The molecule has 1 aliphatic rings. The van der Waals surface area contributed by atoms with Crippen molar-refractivity contribution in [3.63, 3.8) is 0 Å². The van der Waals surface area contributed by atoms with Crippen LogP contribution in [0, 0.1) is 0 Å². The van der Waals surface area contributed by atoms with Gasteiger partial charge < -0.3 is 14.1 Å². The van der Waals surface area contributed by atoms with E-state index in [0.29, 0.717) is 19.6 Å². The van der Waals surface area contributed by atoms with Gasteiger partial charge in [0.15, 0.2) is 8.32 Å². The van der Waals surface area contributed by atoms with Crippen LogP contribution in [0.2, 0.25) is 18.1 Å². The average molecular weight is 404 g/mol. The highest BCUT2D eigenvalue weighted by atomic mass is 28.4. The second kappa shape index (κ2) is 9.05. The van der Waals surface area contributed by atoms with E-state index in [1.807, 2.05) is 29.2 Å². The molecule has 1 saturated heterocycles. The Labute approximate surface area is 169 Å². The summed E-state index contributed by atoms with van der Waals surface area (Å²) < 4.78 is 11.1. The van der Waals surface area contributed by atoms with Crippen LogP contribution in [-0.2, 0) is 25.3 Å². The Bertz CT molecular complexity index is 736. The minimum Gasteiger partial charge on any atom is -0.466 e. The summed E-state index contributed by atoms with van der Waals surface area (Å²) in [5.74, 6) is -0.233. The first-order valence-corrected chi connectivity index (χ1v) is 12.7. The van der Waals surface area contributed by atoms with E-state index < -0.39 is 14.3 Å². The van der Waals surface area contributed by atoms with Gasteiger partial charge in [0.25, 0.3) is 0 Å². The van der Waals surface area contributed by atoms with Gasteiger partial charge >= 0.3 is 5.97 Å². The molecule has 1 fully saturated rings. The van der Waals surface area contributed by atoms with Gasteiger partial charge in [-0.05, 0) is 41.8 Å². The van der Waals surface area contributed by atoms with E-state index in [-0.39, 0.29) is 17.0 Å². The van der Waals surface area contributed by atoms with E-state index in [9.17, 15) is 9.59 Å². The molecule has 0 bridgehead atoms. The molecule has 0 N–H and O–H groups in total. The molecular weight excluding hydrogens is 370 g/mol. The lowest BCUT2D eigenvalue weighted by Crippen LogP contribution is -2.45. The number of likely N-dealkylation sites (tertiary alicyclic amines) is 1. The number of benzene rings is 1. The summed E-state index contributed by atoms with van der Waals surface area (Å²) in [6, 6.07) is 7.90. The Balaban J connectivity index is 2.13. The van der Waals surface area contributed by atoms with Crippen molar-refractivity contribution in [3.05, 3.63) is 41.5 Å². The molecule has 5 nitrogen and oxygen atoms in total. The minimum absolute atomic E-state index is 0.0965. The number of amides is 1. The SMILES string of the molecule is COC(=O)C=Cc1ccccc1CN1C(=O)CC[C@@H]1CO[Si](C)(C)C(C)(C)C. The molecule has 154 valence electrons. The smallest absolute Gasteiger partial charge is 0.330 e. The predicted molar refractivity (Wildman–Crippen MR) is 114 cm³/mol. The monoisotopic (exact) mass is 403 g/mol. The van der Waals surface area contributed by atoms with Crippen LogP contribution in [0.25, 0.3) is 6.08 Å². The number of esters is 1. The van der Waals surface area contributed by atoms with Crippen LogP contribution in [0.4, 0.5) is 0 Å². The zero-order valence-electron chi connectivity index (χ0n) is 18.0. The summed E-state index contributed by atoms with van der Waals surface area (Å²) in [5, 5.41) is 0.145. The van der Waals surface area contributed by atoms with Crippen molar-refractivity contribution in [1.82, 2.24) is 4.90 Å². The molecule has 0 saturated carbocycles. The molecule has 1 atom stereocenters. The summed E-state index contributed by atoms with van der Waals surface area (Å²) in [5.41, 5.74) is 1.92. The Morgan fingerprint density at radius 1 is 1.29 bits per heavy atom. The van der Waals surface area contributed by atoms with Gasteiger partial charge in [0.2, 0.25) is 5.91 Å². The number of methoxy groups -OCH3 is 1. The number of ether oxygens (including phenoxy) is 1. The predicted octanol–water partition coefficient (Wildman–Crippen LogP) is 4.39. The van der Waals surface area contributed by atoms with E-state index in [1.54, 1.807) is 6.08 Å². The lowest BCUT2D eigenvalue weighted by atomic mass is 10.1. The van der Waals surface area contributed by atoms with Crippen molar-refractivity contribution < 1.29 is 18.8 Å². The van der Waals surface area contributed by atoms with E-state index in [1.165, 1.54) is 13.2 Å². The minimum atomic E-state index is -1.86. The standard InChI is InChI=1S/C22H33NO4Si/c1-22(2,3)28(5,6)27-16-19-12-13-20(24)23(19)15-18-10-8-7-9-17(18)11-14-21(25)26-4/h7-11,14,19H,12-13,15-16H2,1-6H3/t19-/m1/s1. The van der Waals surface area contributed by atoms with Gasteiger partial charge in [0.05, 0.1) is 19.8 Å². The fourth-order valence-corrected chi connectivity index (χ4v) is 4.00. The summed E-state index contributed by atoms with van der Waals surface area (Å²) in [6.07, 6.45) is 4.53. The van der Waals surface area contributed by atoms with E-state index in [4.69, 9.17) is 4.43 Å². The van der Waals surface area contributed by atoms with Crippen LogP contribution >= 0.6 is 0 Å². The van der Waals surface area contributed by atoms with Crippen LogP contribution < -0.4 is 0 Å². The van der Waals surface area contributed by atoms with Gasteiger partial charge in [0.1, 0.15) is 0 Å². The molecule has 1 amide bonds. The molecule has 1 aromatic rings. The number of hydrogen-bond acceptors (Lipinski definition) is 4. The first kappa shape index (κ1) is 22.4. The summed E-state index contributed by atoms with van der Waals surface area (Å²) in [4.78, 5) is 25.9. The van der Waals surface area contributed by atoms with Gasteiger partial charge in [0, 0.05) is 19.0 Å². The Morgan fingerprint density at radius 3 is 2.61 bits per heavy atom. The topological polar surface area (TPSA) is 55.8 Å². The maximum absolute atomic E-state index is 12.5. The second-order valence-corrected chi connectivity index (χ2v) is 13.7. The Morgan fingerprint density at radius 2 is 1.96 bits per heavy atom. The molecule has 28 heavy (non-hydrogen) atoms. The normalized spacial score (nSPS) is 18.1. The fraction of sp³-hybridized carbons (Fsp3) is 0.545. The highest BCUT2D eigenvalue weighted by molar-refractivity contribution is 6.74. The van der Waals surface area contributed by atoms with Crippen LogP contribution in [0.3, 0.4) is 0 Å². The fourth-order valence-electron chi connectivity index (χ4n) is 2.95. The van der Waals surface area contributed by atoms with Crippen molar-refractivity contribution in [2.75, 3.05) is 13.7 Å². The molecule has 0 spiro atoms. The highest BCUT2D eigenvalue weighted by Crippen LogP contribution is 2.37. The van der Waals surface area contributed by atoms with Crippen LogP contribution in [0.15, 0.2) is 30.3 Å². The van der Waals surface area contributed by atoms with Crippen molar-refractivity contribution in [2.45, 2.75) is 64.3 Å². The van der Waals surface area contributed by atoms with Gasteiger partial charge in [-0.2, -0.15) is 0 Å². The van der Waals surface area contributed by atoms with Crippen molar-refractivity contribution in [2.24, 2.45) is 0 Å². The molecular formula is C22H33NO4Si. The Hall–Kier alpha value is -1.92. The van der Waals surface area contributed by atoms with Gasteiger partial charge in [-0.1, -0.05) is 45.0 Å². The van der Waals surface area contributed by atoms with Gasteiger partial charge in [-0.3, -0.25) is 4.79 Å². The third-order valence-corrected chi connectivity index (χ3v) is 10.4. The number of hydrogen-bond donors (Lipinski definition) is 0. The molecule has 0 unspecified atom stereocenters. The molecule has 1 heterocycles. The first-order chi connectivity index (χ1) is 13.0. The van der Waals surface area contributed by atoms with Crippen LogP contribution in [-0.4, -0.2) is 44.9 Å². The first-order valence-electron chi connectivity index (χ1n) is 9.82. The lowest BCUT2D eigenvalue weighted by Gasteiger charge is -2.38. The molecule has 6 heteroatoms. The summed E-state index contributed by atoms with van der Waals surface area (Å²) >= 11 is 0. The molecule has 1 aromatic carbocycles. The molecule has 0 aliphatic carbocycles. The molecule has 0 radical (unpaired) electrons. The third kappa shape index (κ3) is 5.55. The maximum atomic E-state index is 12.5. The number of nitrogens with zero attached hydrogens (tertiary/aromatic N) is 1.